The van der Waals surface area contributed by atoms with Crippen LogP contribution in [0.15, 0.2) is 24.3 Å². The molecule has 0 saturated carbocycles. The standard InChI is InChI=1S/C16H26/c1-6-10-14(5)12-16(9-4)13-15(8-3)11-7-2/h7,13-15H,2,8-9,11-12H2,1,3-5H3. The molecule has 2 unspecified atom stereocenters. The third-order valence-corrected chi connectivity index (χ3v) is 2.88. The number of allylic oxidation sites excluding steroid dienone is 3. The monoisotopic (exact) mass is 218 g/mol. The molecule has 0 radical (unpaired) electrons. The van der Waals surface area contributed by atoms with E-state index in [1.807, 2.05) is 13.0 Å². The fraction of sp³-hybridized carbons (Fsp3) is 0.625. The molecule has 0 bridgehead atoms. The van der Waals surface area contributed by atoms with E-state index >= 15 is 0 Å². The first kappa shape index (κ1) is 15.0. The fourth-order valence-corrected chi connectivity index (χ4v) is 1.92. The molecule has 0 aromatic carbocycles. The molecular formula is C16H26. The molecule has 0 saturated heterocycles. The molecule has 0 nitrogen and oxygen atoms in total. The van der Waals surface area contributed by atoms with Crippen LogP contribution in [0, 0.1) is 23.7 Å². The summed E-state index contributed by atoms with van der Waals surface area (Å²) in [7, 11) is 0. The highest BCUT2D eigenvalue weighted by Gasteiger charge is 2.05. The molecule has 0 aliphatic rings. The van der Waals surface area contributed by atoms with Crippen molar-refractivity contribution in [2.45, 2.75) is 53.4 Å². The molecule has 0 aromatic heterocycles. The van der Waals surface area contributed by atoms with Gasteiger partial charge >= 0.3 is 0 Å². The molecular weight excluding hydrogens is 192 g/mol. The van der Waals surface area contributed by atoms with Gasteiger partial charge in [0, 0.05) is 5.92 Å². The molecule has 16 heavy (non-hydrogen) atoms. The van der Waals surface area contributed by atoms with E-state index < -0.39 is 0 Å². The molecule has 0 rings (SSSR count). The molecule has 0 aliphatic heterocycles. The Hall–Kier alpha value is -0.960. The third kappa shape index (κ3) is 6.51. The summed E-state index contributed by atoms with van der Waals surface area (Å²) in [6.45, 7) is 12.4. The zero-order valence-electron chi connectivity index (χ0n) is 11.3. The van der Waals surface area contributed by atoms with Gasteiger partial charge in [-0.15, -0.1) is 18.4 Å². The molecule has 0 heteroatoms. The second-order valence-electron chi connectivity index (χ2n) is 4.37. The average molecular weight is 218 g/mol. The summed E-state index contributed by atoms with van der Waals surface area (Å²) < 4.78 is 0. The summed E-state index contributed by atoms with van der Waals surface area (Å²) in [4.78, 5) is 0. The minimum atomic E-state index is 0.484. The van der Waals surface area contributed by atoms with Gasteiger partial charge in [0.25, 0.3) is 0 Å². The SMILES string of the molecule is C=CCC(C=C(CC)CC(C)C#CC)CC. The summed E-state index contributed by atoms with van der Waals surface area (Å²) >= 11 is 0. The van der Waals surface area contributed by atoms with Gasteiger partial charge in [-0.05, 0) is 38.5 Å². The molecule has 2 atom stereocenters. The zero-order chi connectivity index (χ0) is 12.4. The highest BCUT2D eigenvalue weighted by molar-refractivity contribution is 5.10. The van der Waals surface area contributed by atoms with Gasteiger partial charge in [0.2, 0.25) is 0 Å². The van der Waals surface area contributed by atoms with E-state index in [-0.39, 0.29) is 0 Å². The lowest BCUT2D eigenvalue weighted by molar-refractivity contribution is 0.619. The first-order valence-electron chi connectivity index (χ1n) is 6.40. The average Bonchev–Trinajstić information content (AvgIpc) is 2.27. The first-order valence-corrected chi connectivity index (χ1v) is 6.40. The van der Waals surface area contributed by atoms with Gasteiger partial charge in [0.15, 0.2) is 0 Å². The van der Waals surface area contributed by atoms with E-state index in [1.165, 1.54) is 6.42 Å². The van der Waals surface area contributed by atoms with E-state index in [1.54, 1.807) is 5.57 Å². The van der Waals surface area contributed by atoms with Crippen LogP contribution in [0.4, 0.5) is 0 Å². The van der Waals surface area contributed by atoms with E-state index in [0.717, 1.165) is 19.3 Å². The van der Waals surface area contributed by atoms with Gasteiger partial charge < -0.3 is 0 Å². The van der Waals surface area contributed by atoms with E-state index in [4.69, 9.17) is 0 Å². The van der Waals surface area contributed by atoms with Crippen LogP contribution < -0.4 is 0 Å². The topological polar surface area (TPSA) is 0 Å². The lowest BCUT2D eigenvalue weighted by Gasteiger charge is -2.12. The Bertz CT molecular complexity index is 272. The molecule has 0 heterocycles. The minimum Gasteiger partial charge on any atom is -0.106 e. The third-order valence-electron chi connectivity index (χ3n) is 2.88. The highest BCUT2D eigenvalue weighted by Crippen LogP contribution is 2.20. The Morgan fingerprint density at radius 2 is 2.06 bits per heavy atom. The molecule has 0 amide bonds. The minimum absolute atomic E-state index is 0.484. The largest absolute Gasteiger partial charge is 0.106 e. The van der Waals surface area contributed by atoms with E-state index in [2.05, 4.69) is 45.3 Å². The van der Waals surface area contributed by atoms with Crippen LogP contribution in [0.3, 0.4) is 0 Å². The van der Waals surface area contributed by atoms with Crippen molar-refractivity contribution in [3.63, 3.8) is 0 Å². The lowest BCUT2D eigenvalue weighted by atomic mass is 9.93. The van der Waals surface area contributed by atoms with Crippen molar-refractivity contribution in [1.29, 1.82) is 0 Å². The van der Waals surface area contributed by atoms with Crippen molar-refractivity contribution >= 4 is 0 Å². The van der Waals surface area contributed by atoms with Gasteiger partial charge in [-0.2, -0.15) is 0 Å². The smallest absolute Gasteiger partial charge is 0.0211 e. The summed E-state index contributed by atoms with van der Waals surface area (Å²) in [5.74, 6) is 7.36. The summed E-state index contributed by atoms with van der Waals surface area (Å²) in [5, 5.41) is 0. The second-order valence-corrected chi connectivity index (χ2v) is 4.37. The maximum absolute atomic E-state index is 3.82. The van der Waals surface area contributed by atoms with Crippen LogP contribution in [-0.4, -0.2) is 0 Å². The first-order chi connectivity index (χ1) is 7.67. The fourth-order valence-electron chi connectivity index (χ4n) is 1.92. The van der Waals surface area contributed by atoms with Crippen LogP contribution in [0.25, 0.3) is 0 Å². The van der Waals surface area contributed by atoms with Crippen molar-refractivity contribution < 1.29 is 0 Å². The summed E-state index contributed by atoms with van der Waals surface area (Å²) in [5.41, 5.74) is 1.55. The van der Waals surface area contributed by atoms with Crippen LogP contribution >= 0.6 is 0 Å². The molecule has 0 aliphatic carbocycles. The zero-order valence-corrected chi connectivity index (χ0v) is 11.3. The van der Waals surface area contributed by atoms with E-state index in [9.17, 15) is 0 Å². The summed E-state index contributed by atoms with van der Waals surface area (Å²) in [6, 6.07) is 0. The van der Waals surface area contributed by atoms with Gasteiger partial charge in [0.05, 0.1) is 0 Å². The molecule has 0 N–H and O–H groups in total. The van der Waals surface area contributed by atoms with Crippen LogP contribution in [0.2, 0.25) is 0 Å². The van der Waals surface area contributed by atoms with E-state index in [0.29, 0.717) is 11.8 Å². The predicted octanol–water partition coefficient (Wildman–Crippen LogP) is 4.97. The van der Waals surface area contributed by atoms with Crippen LogP contribution in [-0.2, 0) is 0 Å². The van der Waals surface area contributed by atoms with Crippen molar-refractivity contribution in [1.82, 2.24) is 0 Å². The second kappa shape index (κ2) is 9.28. The Kier molecular flexibility index (Phi) is 8.72. The predicted molar refractivity (Wildman–Crippen MR) is 74.2 cm³/mol. The van der Waals surface area contributed by atoms with Gasteiger partial charge in [-0.3, -0.25) is 0 Å². The molecule has 90 valence electrons. The molecule has 0 aromatic rings. The van der Waals surface area contributed by atoms with Crippen LogP contribution in [0.1, 0.15) is 53.4 Å². The highest BCUT2D eigenvalue weighted by atomic mass is 14.1. The Balaban J connectivity index is 4.47. The molecule has 0 fully saturated rings. The maximum Gasteiger partial charge on any atom is 0.0211 e. The quantitative estimate of drug-likeness (QED) is 0.418. The van der Waals surface area contributed by atoms with Crippen molar-refractivity contribution in [3.8, 4) is 11.8 Å². The van der Waals surface area contributed by atoms with Crippen LogP contribution in [0.5, 0.6) is 0 Å². The number of hydrogen-bond donors (Lipinski definition) is 0. The van der Waals surface area contributed by atoms with Gasteiger partial charge in [-0.25, -0.2) is 0 Å². The Labute approximate surface area is 102 Å². The van der Waals surface area contributed by atoms with Crippen molar-refractivity contribution in [3.05, 3.63) is 24.3 Å². The van der Waals surface area contributed by atoms with Gasteiger partial charge in [0.1, 0.15) is 0 Å². The van der Waals surface area contributed by atoms with Crippen molar-refractivity contribution in [2.24, 2.45) is 11.8 Å². The maximum atomic E-state index is 3.82. The lowest BCUT2D eigenvalue weighted by Crippen LogP contribution is -1.98. The van der Waals surface area contributed by atoms with Crippen molar-refractivity contribution in [2.75, 3.05) is 0 Å². The Morgan fingerprint density at radius 3 is 2.50 bits per heavy atom. The summed E-state index contributed by atoms with van der Waals surface area (Å²) in [6.07, 6.45) is 9.01. The number of hydrogen-bond acceptors (Lipinski definition) is 0. The molecule has 0 spiro atoms. The Morgan fingerprint density at radius 1 is 1.38 bits per heavy atom. The number of rotatable bonds is 7. The van der Waals surface area contributed by atoms with Gasteiger partial charge in [-0.1, -0.05) is 38.5 Å². The normalized spacial score (nSPS) is 14.9.